The lowest BCUT2D eigenvalue weighted by Crippen LogP contribution is -2.26. The predicted octanol–water partition coefficient (Wildman–Crippen LogP) is 3.98. The summed E-state index contributed by atoms with van der Waals surface area (Å²) in [6, 6.07) is 16.5. The van der Waals surface area contributed by atoms with Crippen LogP contribution in [-0.4, -0.2) is 18.7 Å². The van der Waals surface area contributed by atoms with Crippen LogP contribution in [0.4, 0.5) is 0 Å². The first kappa shape index (κ1) is 15.6. The van der Waals surface area contributed by atoms with Crippen LogP contribution in [0.1, 0.15) is 6.92 Å². The van der Waals surface area contributed by atoms with Gasteiger partial charge in [0.2, 0.25) is 0 Å². The molecule has 0 aliphatic carbocycles. The van der Waals surface area contributed by atoms with Gasteiger partial charge in [0.15, 0.2) is 17.6 Å². The number of esters is 1. The normalized spacial score (nSPS) is 11.3. The molecule has 0 N–H and O–H groups in total. The van der Waals surface area contributed by atoms with E-state index in [4.69, 9.17) is 14.2 Å². The Labute approximate surface area is 129 Å². The molecule has 0 spiro atoms. The van der Waals surface area contributed by atoms with Crippen LogP contribution < -0.4 is 9.47 Å². The highest BCUT2D eigenvalue weighted by Gasteiger charge is 2.18. The van der Waals surface area contributed by atoms with E-state index in [1.54, 1.807) is 19.1 Å². The molecular formula is C18H18O4. The first-order chi connectivity index (χ1) is 10.7. The molecule has 0 saturated heterocycles. The molecule has 0 aliphatic heterocycles. The zero-order chi connectivity index (χ0) is 15.8. The average Bonchev–Trinajstić information content (AvgIpc) is 2.55. The molecule has 0 saturated carbocycles. The molecule has 0 fully saturated rings. The van der Waals surface area contributed by atoms with E-state index in [1.165, 1.54) is 6.08 Å². The van der Waals surface area contributed by atoms with E-state index >= 15 is 0 Å². The number of hydrogen-bond donors (Lipinski definition) is 0. The van der Waals surface area contributed by atoms with E-state index in [1.807, 2.05) is 42.5 Å². The van der Waals surface area contributed by atoms with Gasteiger partial charge in [0.25, 0.3) is 0 Å². The lowest BCUT2D eigenvalue weighted by atomic mass is 10.3. The summed E-state index contributed by atoms with van der Waals surface area (Å²) in [6.45, 7) is 5.29. The predicted molar refractivity (Wildman–Crippen MR) is 84.2 cm³/mol. The van der Waals surface area contributed by atoms with Crippen LogP contribution in [-0.2, 0) is 9.53 Å². The van der Waals surface area contributed by atoms with Crippen LogP contribution in [0.25, 0.3) is 0 Å². The van der Waals surface area contributed by atoms with Crippen molar-refractivity contribution in [3.05, 3.63) is 67.3 Å². The maximum Gasteiger partial charge on any atom is 0.347 e. The summed E-state index contributed by atoms with van der Waals surface area (Å²) in [6.07, 6.45) is 0.775. The van der Waals surface area contributed by atoms with Crippen molar-refractivity contribution in [1.29, 1.82) is 0 Å². The van der Waals surface area contributed by atoms with Crippen molar-refractivity contribution in [1.82, 2.24) is 0 Å². The molecule has 114 valence electrons. The third-order valence-electron chi connectivity index (χ3n) is 2.80. The van der Waals surface area contributed by atoms with Gasteiger partial charge in [0.1, 0.15) is 12.4 Å². The highest BCUT2D eigenvalue weighted by atomic mass is 16.6. The van der Waals surface area contributed by atoms with E-state index in [-0.39, 0.29) is 6.61 Å². The molecule has 22 heavy (non-hydrogen) atoms. The molecule has 0 radical (unpaired) electrons. The van der Waals surface area contributed by atoms with Crippen molar-refractivity contribution < 1.29 is 19.0 Å². The Morgan fingerprint density at radius 2 is 1.73 bits per heavy atom. The Bertz CT molecular complexity index is 622. The number of rotatable bonds is 7. The van der Waals surface area contributed by atoms with Crippen LogP contribution in [0.15, 0.2) is 67.3 Å². The van der Waals surface area contributed by atoms with Crippen molar-refractivity contribution in [3.8, 4) is 17.2 Å². The first-order valence-electron chi connectivity index (χ1n) is 6.97. The second-order valence-corrected chi connectivity index (χ2v) is 4.54. The molecule has 0 amide bonds. The summed E-state index contributed by atoms with van der Waals surface area (Å²) in [4.78, 5) is 11.7. The van der Waals surface area contributed by atoms with Crippen molar-refractivity contribution in [2.24, 2.45) is 0 Å². The van der Waals surface area contributed by atoms with Crippen LogP contribution in [0.5, 0.6) is 17.2 Å². The number of benzene rings is 2. The fraction of sp³-hybridized carbons (Fsp3) is 0.167. The quantitative estimate of drug-likeness (QED) is 0.573. The molecule has 4 nitrogen and oxygen atoms in total. The van der Waals surface area contributed by atoms with Gasteiger partial charge in [-0.25, -0.2) is 4.79 Å². The number of hydrogen-bond acceptors (Lipinski definition) is 4. The fourth-order valence-electron chi connectivity index (χ4n) is 1.74. The summed E-state index contributed by atoms with van der Waals surface area (Å²) in [5.74, 6) is 1.27. The molecule has 0 aliphatic rings. The van der Waals surface area contributed by atoms with Crippen molar-refractivity contribution >= 4 is 5.97 Å². The molecule has 1 unspecified atom stereocenters. The molecule has 2 aromatic rings. The summed E-state index contributed by atoms with van der Waals surface area (Å²) in [7, 11) is 0. The molecular weight excluding hydrogens is 280 g/mol. The second kappa shape index (κ2) is 7.88. The largest absolute Gasteiger partial charge is 0.475 e. The van der Waals surface area contributed by atoms with E-state index < -0.39 is 12.1 Å². The van der Waals surface area contributed by atoms with E-state index in [0.717, 1.165) is 0 Å². The van der Waals surface area contributed by atoms with Crippen LogP contribution in [0, 0.1) is 0 Å². The minimum Gasteiger partial charge on any atom is -0.475 e. The van der Waals surface area contributed by atoms with Crippen LogP contribution >= 0.6 is 0 Å². The van der Waals surface area contributed by atoms with Gasteiger partial charge in [-0.1, -0.05) is 43.0 Å². The third-order valence-corrected chi connectivity index (χ3v) is 2.80. The molecule has 2 aromatic carbocycles. The maximum absolute atomic E-state index is 11.7. The second-order valence-electron chi connectivity index (χ2n) is 4.54. The number of carbonyl (C=O) groups is 1. The number of para-hydroxylation sites is 3. The highest BCUT2D eigenvalue weighted by molar-refractivity contribution is 5.74. The standard InChI is InChI=1S/C18H18O4/c1-3-13-20-18(19)14(2)21-16-11-7-8-12-17(16)22-15-9-5-4-6-10-15/h3-12,14H,1,13H2,2H3. The zero-order valence-electron chi connectivity index (χ0n) is 12.4. The third kappa shape index (κ3) is 4.38. The highest BCUT2D eigenvalue weighted by Crippen LogP contribution is 2.31. The van der Waals surface area contributed by atoms with Crippen LogP contribution in [0.3, 0.4) is 0 Å². The monoisotopic (exact) mass is 298 g/mol. The van der Waals surface area contributed by atoms with Gasteiger partial charge >= 0.3 is 5.97 Å². The topological polar surface area (TPSA) is 44.8 Å². The molecule has 1 atom stereocenters. The molecule has 0 bridgehead atoms. The molecule has 0 heterocycles. The number of ether oxygens (including phenoxy) is 3. The first-order valence-corrected chi connectivity index (χ1v) is 6.97. The Balaban J connectivity index is 2.08. The smallest absolute Gasteiger partial charge is 0.347 e. The van der Waals surface area contributed by atoms with Gasteiger partial charge in [-0.3, -0.25) is 0 Å². The molecule has 4 heteroatoms. The van der Waals surface area contributed by atoms with Crippen molar-refractivity contribution in [2.75, 3.05) is 6.61 Å². The average molecular weight is 298 g/mol. The minimum atomic E-state index is -0.736. The summed E-state index contributed by atoms with van der Waals surface area (Å²) in [5, 5.41) is 0. The lowest BCUT2D eigenvalue weighted by molar-refractivity contribution is -0.149. The maximum atomic E-state index is 11.7. The van der Waals surface area contributed by atoms with E-state index in [2.05, 4.69) is 6.58 Å². The zero-order valence-corrected chi connectivity index (χ0v) is 12.4. The van der Waals surface area contributed by atoms with E-state index in [0.29, 0.717) is 17.2 Å². The van der Waals surface area contributed by atoms with Gasteiger partial charge in [-0.2, -0.15) is 0 Å². The summed E-state index contributed by atoms with van der Waals surface area (Å²) in [5.41, 5.74) is 0. The Morgan fingerprint density at radius 1 is 1.09 bits per heavy atom. The van der Waals surface area contributed by atoms with Crippen LogP contribution in [0.2, 0.25) is 0 Å². The summed E-state index contributed by atoms with van der Waals surface area (Å²) < 4.78 is 16.4. The summed E-state index contributed by atoms with van der Waals surface area (Å²) >= 11 is 0. The minimum absolute atomic E-state index is 0.161. The number of carbonyl (C=O) groups excluding carboxylic acids is 1. The van der Waals surface area contributed by atoms with Crippen molar-refractivity contribution in [3.63, 3.8) is 0 Å². The van der Waals surface area contributed by atoms with Gasteiger partial charge in [-0.15, -0.1) is 0 Å². The Kier molecular flexibility index (Phi) is 5.60. The van der Waals surface area contributed by atoms with E-state index in [9.17, 15) is 4.79 Å². The Hall–Kier alpha value is -2.75. The van der Waals surface area contributed by atoms with Gasteiger partial charge in [0, 0.05) is 0 Å². The SMILES string of the molecule is C=CCOC(=O)C(C)Oc1ccccc1Oc1ccccc1. The molecule has 2 rings (SSSR count). The fourth-order valence-corrected chi connectivity index (χ4v) is 1.74. The van der Waals surface area contributed by atoms with Gasteiger partial charge in [-0.05, 0) is 31.2 Å². The molecule has 0 aromatic heterocycles. The van der Waals surface area contributed by atoms with Crippen molar-refractivity contribution in [2.45, 2.75) is 13.0 Å². The Morgan fingerprint density at radius 3 is 2.41 bits per heavy atom. The van der Waals surface area contributed by atoms with Gasteiger partial charge < -0.3 is 14.2 Å². The van der Waals surface area contributed by atoms with Gasteiger partial charge in [0.05, 0.1) is 0 Å². The lowest BCUT2D eigenvalue weighted by Gasteiger charge is -2.16.